The first-order valence-corrected chi connectivity index (χ1v) is 10.1. The minimum Gasteiger partial charge on any atom is -0.566 e. The van der Waals surface area contributed by atoms with Crippen LogP contribution in [0.15, 0.2) is 0 Å². The third kappa shape index (κ3) is 15.6. The lowest BCUT2D eigenvalue weighted by molar-refractivity contribution is -0.870. The van der Waals surface area contributed by atoms with Gasteiger partial charge in [0.05, 0.1) is 27.7 Å². The molecule has 1 fully saturated rings. The highest BCUT2D eigenvalue weighted by molar-refractivity contribution is 7.30. The largest absolute Gasteiger partial charge is 0.566 e. The number of methoxy groups -OCH3 is 1. The van der Waals surface area contributed by atoms with Crippen LogP contribution in [0, 0.1) is 5.92 Å². The normalized spacial score (nSPS) is 16.6. The van der Waals surface area contributed by atoms with Crippen molar-refractivity contribution in [3.63, 3.8) is 0 Å². The molecule has 0 radical (unpaired) electrons. The quantitative estimate of drug-likeness (QED) is 0.318. The summed E-state index contributed by atoms with van der Waals surface area (Å²) in [4.78, 5) is 21.8. The summed E-state index contributed by atoms with van der Waals surface area (Å²) in [5, 5.41) is 8.39. The Kier molecular flexibility index (Phi) is 14.1. The summed E-state index contributed by atoms with van der Waals surface area (Å²) in [5.74, 6) is 0.388. The van der Waals surface area contributed by atoms with Gasteiger partial charge < -0.3 is 24.0 Å². The summed E-state index contributed by atoms with van der Waals surface area (Å²) in [7, 11) is 4.67. The van der Waals surface area contributed by atoms with E-state index in [9.17, 15) is 14.3 Å². The Bertz CT molecular complexity index is 395. The predicted molar refractivity (Wildman–Crippen MR) is 96.5 cm³/mol. The maximum absolute atomic E-state index is 11.5. The SMILES string of the molecule is COC(COC(=O)CCC1CCCC1)CO[P+](=O)[O-].C[N+](C)(C)CCO. The van der Waals surface area contributed by atoms with Crippen molar-refractivity contribution in [1.82, 2.24) is 0 Å². The van der Waals surface area contributed by atoms with Gasteiger partial charge in [0.1, 0.15) is 25.9 Å². The number of ether oxygens (including phenoxy) is 2. The van der Waals surface area contributed by atoms with E-state index < -0.39 is 14.4 Å². The molecule has 9 heteroatoms. The molecule has 154 valence electrons. The van der Waals surface area contributed by atoms with Gasteiger partial charge in [-0.3, -0.25) is 4.79 Å². The van der Waals surface area contributed by atoms with Crippen molar-refractivity contribution in [3.8, 4) is 0 Å². The standard InChI is InChI=1S/C12H21O6P.C5H14NO/c1-16-11(9-18-19(14)15)8-17-12(13)7-6-10-4-2-3-5-10;1-6(2,3)4-5-7/h10-11H,2-9H2,1H3;7H,4-5H2,1-3H3/q;+1. The second-order valence-corrected chi connectivity index (χ2v) is 8.19. The number of esters is 1. The molecule has 1 rings (SSSR count). The molecular weight excluding hydrogens is 361 g/mol. The van der Waals surface area contributed by atoms with E-state index in [1.165, 1.54) is 32.8 Å². The van der Waals surface area contributed by atoms with E-state index in [-0.39, 0.29) is 25.8 Å². The molecule has 8 nitrogen and oxygen atoms in total. The second kappa shape index (κ2) is 14.4. The third-order valence-corrected chi connectivity index (χ3v) is 4.49. The molecule has 0 saturated heterocycles. The van der Waals surface area contributed by atoms with Crippen LogP contribution in [0.1, 0.15) is 38.5 Å². The topological polar surface area (TPSA) is 105 Å². The van der Waals surface area contributed by atoms with Crippen LogP contribution in [-0.4, -0.2) is 76.3 Å². The molecule has 0 bridgehead atoms. The molecule has 2 atom stereocenters. The molecule has 0 aromatic carbocycles. The van der Waals surface area contributed by atoms with Crippen molar-refractivity contribution < 1.29 is 37.8 Å². The van der Waals surface area contributed by atoms with E-state index in [0.29, 0.717) is 12.3 Å². The highest BCUT2D eigenvalue weighted by Gasteiger charge is 2.18. The van der Waals surface area contributed by atoms with Crippen LogP contribution in [0.4, 0.5) is 0 Å². The van der Waals surface area contributed by atoms with Gasteiger partial charge in [0.2, 0.25) is 0 Å². The average Bonchev–Trinajstić information content (AvgIpc) is 3.05. The number of hydrogen-bond acceptors (Lipinski definition) is 7. The molecule has 1 aliphatic carbocycles. The maximum Gasteiger partial charge on any atom is 0.488 e. The Balaban J connectivity index is 0.000000758. The van der Waals surface area contributed by atoms with Crippen LogP contribution >= 0.6 is 8.25 Å². The van der Waals surface area contributed by atoms with Crippen LogP contribution < -0.4 is 4.89 Å². The van der Waals surface area contributed by atoms with Gasteiger partial charge in [-0.2, -0.15) is 0 Å². The molecule has 1 aliphatic rings. The first kappa shape index (κ1) is 25.4. The number of quaternary nitrogens is 1. The fraction of sp³-hybridized carbons (Fsp3) is 0.941. The van der Waals surface area contributed by atoms with E-state index in [1.807, 2.05) is 0 Å². The number of aliphatic hydroxyl groups excluding tert-OH is 1. The number of carbonyl (C=O) groups is 1. The lowest BCUT2D eigenvalue weighted by Gasteiger charge is -2.21. The van der Waals surface area contributed by atoms with Crippen molar-refractivity contribution in [2.24, 2.45) is 5.92 Å². The van der Waals surface area contributed by atoms with Crippen molar-refractivity contribution in [3.05, 3.63) is 0 Å². The van der Waals surface area contributed by atoms with Crippen LogP contribution in [0.5, 0.6) is 0 Å². The molecule has 0 aromatic heterocycles. The lowest BCUT2D eigenvalue weighted by Crippen LogP contribution is -2.36. The maximum atomic E-state index is 11.5. The van der Waals surface area contributed by atoms with E-state index in [1.54, 1.807) is 0 Å². The zero-order chi connectivity index (χ0) is 20.0. The summed E-state index contributed by atoms with van der Waals surface area (Å²) < 4.78 is 25.5. The summed E-state index contributed by atoms with van der Waals surface area (Å²) in [6.45, 7) is 0.998. The lowest BCUT2D eigenvalue weighted by atomic mass is 10.0. The first-order valence-electron chi connectivity index (χ1n) is 9.05. The second-order valence-electron chi connectivity index (χ2n) is 7.49. The molecule has 1 N–H and O–H groups in total. The Morgan fingerprint density at radius 1 is 1.27 bits per heavy atom. The van der Waals surface area contributed by atoms with E-state index in [4.69, 9.17) is 14.6 Å². The number of rotatable bonds is 11. The number of aliphatic hydroxyl groups is 1. The van der Waals surface area contributed by atoms with Crippen LogP contribution in [0.3, 0.4) is 0 Å². The molecule has 0 aromatic rings. The number of likely N-dealkylation sites (N-methyl/N-ethyl adjacent to an activating group) is 1. The van der Waals surface area contributed by atoms with Crippen LogP contribution in [0.25, 0.3) is 0 Å². The van der Waals surface area contributed by atoms with Gasteiger partial charge in [0, 0.05) is 13.5 Å². The summed E-state index contributed by atoms with van der Waals surface area (Å²) in [6, 6.07) is 0. The minimum atomic E-state index is -2.90. The summed E-state index contributed by atoms with van der Waals surface area (Å²) in [5.41, 5.74) is 0. The van der Waals surface area contributed by atoms with E-state index >= 15 is 0 Å². The van der Waals surface area contributed by atoms with Crippen LogP contribution in [0.2, 0.25) is 0 Å². The summed E-state index contributed by atoms with van der Waals surface area (Å²) in [6.07, 6.45) is 5.67. The number of nitrogens with zero attached hydrogens (tertiary/aromatic N) is 1. The zero-order valence-electron chi connectivity index (χ0n) is 16.5. The van der Waals surface area contributed by atoms with Gasteiger partial charge >= 0.3 is 14.2 Å². The van der Waals surface area contributed by atoms with Gasteiger partial charge in [-0.15, -0.1) is 4.52 Å². The molecule has 0 amide bonds. The Hall–Kier alpha value is -0.630. The fourth-order valence-electron chi connectivity index (χ4n) is 2.51. The van der Waals surface area contributed by atoms with Gasteiger partial charge in [-0.1, -0.05) is 25.7 Å². The van der Waals surface area contributed by atoms with Crippen LogP contribution in [-0.2, 0) is 23.4 Å². The molecule has 2 unspecified atom stereocenters. The molecule has 0 aliphatic heterocycles. The number of carbonyl (C=O) groups excluding carboxylic acids is 1. The van der Waals surface area contributed by atoms with Crippen molar-refractivity contribution in [1.29, 1.82) is 0 Å². The molecule has 26 heavy (non-hydrogen) atoms. The Labute approximate surface area is 158 Å². The molecule has 0 heterocycles. The Morgan fingerprint density at radius 3 is 2.31 bits per heavy atom. The molecule has 1 saturated carbocycles. The predicted octanol–water partition coefficient (Wildman–Crippen LogP) is 1.23. The zero-order valence-corrected chi connectivity index (χ0v) is 17.4. The van der Waals surface area contributed by atoms with Gasteiger partial charge in [-0.05, 0) is 16.9 Å². The van der Waals surface area contributed by atoms with E-state index in [2.05, 4.69) is 25.7 Å². The monoisotopic (exact) mass is 396 g/mol. The van der Waals surface area contributed by atoms with E-state index in [0.717, 1.165) is 17.4 Å². The molecular formula is C17H35NO7P+. The Morgan fingerprint density at radius 2 is 1.88 bits per heavy atom. The minimum absolute atomic E-state index is 0.0170. The summed E-state index contributed by atoms with van der Waals surface area (Å²) >= 11 is 0. The van der Waals surface area contributed by atoms with Gasteiger partial charge in [0.25, 0.3) is 0 Å². The highest BCUT2D eigenvalue weighted by Crippen LogP contribution is 2.28. The molecule has 0 spiro atoms. The average molecular weight is 396 g/mol. The third-order valence-electron chi connectivity index (χ3n) is 4.13. The fourth-order valence-corrected chi connectivity index (χ4v) is 2.80. The highest BCUT2D eigenvalue weighted by atomic mass is 31.1. The van der Waals surface area contributed by atoms with Crippen molar-refractivity contribution in [2.75, 3.05) is 54.6 Å². The smallest absolute Gasteiger partial charge is 0.488 e. The first-order chi connectivity index (χ1) is 12.2. The van der Waals surface area contributed by atoms with Gasteiger partial charge in [0.15, 0.2) is 0 Å². The van der Waals surface area contributed by atoms with Crippen molar-refractivity contribution in [2.45, 2.75) is 44.6 Å². The van der Waals surface area contributed by atoms with Crippen molar-refractivity contribution >= 4 is 14.2 Å². The van der Waals surface area contributed by atoms with Gasteiger partial charge in [-0.25, -0.2) is 0 Å². The number of hydrogen-bond donors (Lipinski definition) is 1.